The van der Waals surface area contributed by atoms with Crippen LogP contribution in [-0.4, -0.2) is 34.7 Å². The summed E-state index contributed by atoms with van der Waals surface area (Å²) in [7, 11) is 0. The monoisotopic (exact) mass is 472 g/mol. The van der Waals surface area contributed by atoms with Crippen LogP contribution in [0.3, 0.4) is 0 Å². The van der Waals surface area contributed by atoms with Crippen molar-refractivity contribution in [1.29, 1.82) is 0 Å². The Balaban J connectivity index is 1.82. The molecule has 0 fully saturated rings. The Hall–Kier alpha value is -3.55. The number of hydrogen-bond donors (Lipinski definition) is 2. The number of carboxylic acids is 1. The zero-order chi connectivity index (χ0) is 25.1. The molecule has 0 saturated carbocycles. The predicted octanol–water partition coefficient (Wildman–Crippen LogP) is 5.08. The first-order valence-corrected chi connectivity index (χ1v) is 11.4. The van der Waals surface area contributed by atoms with E-state index in [1.165, 1.54) is 19.9 Å². The van der Waals surface area contributed by atoms with Gasteiger partial charge in [-0.15, -0.1) is 0 Å². The Morgan fingerprint density at radius 1 is 0.824 bits per heavy atom. The molecule has 0 aliphatic heterocycles. The summed E-state index contributed by atoms with van der Waals surface area (Å²) in [5.74, 6) is -1.39. The molecule has 0 heterocycles. The molecule has 184 valence electrons. The van der Waals surface area contributed by atoms with Crippen LogP contribution >= 0.6 is 0 Å². The van der Waals surface area contributed by atoms with E-state index in [4.69, 9.17) is 14.2 Å². The molecular formula is C26H32O8. The van der Waals surface area contributed by atoms with E-state index >= 15 is 0 Å². The lowest BCUT2D eigenvalue weighted by atomic mass is 10.0. The molecule has 0 bridgehead atoms. The first kappa shape index (κ1) is 26.7. The van der Waals surface area contributed by atoms with Gasteiger partial charge in [0.1, 0.15) is 17.1 Å². The van der Waals surface area contributed by atoms with E-state index in [1.54, 1.807) is 18.2 Å². The molecule has 0 saturated heterocycles. The number of carbonyl (C=O) groups excluding carboxylic acids is 2. The van der Waals surface area contributed by atoms with Crippen LogP contribution in [0.2, 0.25) is 0 Å². The first-order valence-electron chi connectivity index (χ1n) is 11.4. The molecule has 2 N–H and O–H groups in total. The Morgan fingerprint density at radius 3 is 2.12 bits per heavy atom. The van der Waals surface area contributed by atoms with Gasteiger partial charge in [0.25, 0.3) is 0 Å². The minimum absolute atomic E-state index is 0.117. The second-order valence-corrected chi connectivity index (χ2v) is 7.97. The van der Waals surface area contributed by atoms with Crippen molar-refractivity contribution in [2.75, 3.05) is 6.61 Å². The van der Waals surface area contributed by atoms with Crippen molar-refractivity contribution >= 4 is 17.9 Å². The lowest BCUT2D eigenvalue weighted by Crippen LogP contribution is -2.07. The van der Waals surface area contributed by atoms with Crippen molar-refractivity contribution < 1.29 is 38.8 Å². The molecule has 0 radical (unpaired) electrons. The number of ether oxygens (including phenoxy) is 3. The molecular weight excluding hydrogens is 440 g/mol. The quantitative estimate of drug-likeness (QED) is 0.235. The summed E-state index contributed by atoms with van der Waals surface area (Å²) in [4.78, 5) is 33.8. The van der Waals surface area contributed by atoms with Crippen molar-refractivity contribution in [3.8, 4) is 23.0 Å². The summed E-state index contributed by atoms with van der Waals surface area (Å²) in [6.45, 7) is 5.00. The van der Waals surface area contributed by atoms with Crippen molar-refractivity contribution in [2.45, 2.75) is 65.7 Å². The van der Waals surface area contributed by atoms with Crippen molar-refractivity contribution in [2.24, 2.45) is 0 Å². The van der Waals surface area contributed by atoms with Crippen LogP contribution in [0.1, 0.15) is 74.4 Å². The number of esters is 2. The third kappa shape index (κ3) is 8.10. The number of phenols is 1. The van der Waals surface area contributed by atoms with Gasteiger partial charge in [-0.25, -0.2) is 4.79 Å². The average molecular weight is 473 g/mol. The number of unbranched alkanes of at least 4 members (excludes halogenated alkanes) is 3. The second-order valence-electron chi connectivity index (χ2n) is 7.97. The first-order chi connectivity index (χ1) is 16.2. The van der Waals surface area contributed by atoms with Gasteiger partial charge in [-0.1, -0.05) is 32.3 Å². The van der Waals surface area contributed by atoms with Crippen LogP contribution in [0.4, 0.5) is 0 Å². The van der Waals surface area contributed by atoms with Gasteiger partial charge in [-0.05, 0) is 55.5 Å². The van der Waals surface area contributed by atoms with Crippen molar-refractivity contribution in [3.05, 3.63) is 47.0 Å². The molecule has 0 spiro atoms. The van der Waals surface area contributed by atoms with Gasteiger partial charge >= 0.3 is 17.9 Å². The summed E-state index contributed by atoms with van der Waals surface area (Å²) >= 11 is 0. The minimum atomic E-state index is -1.16. The van der Waals surface area contributed by atoms with Crippen LogP contribution < -0.4 is 14.2 Å². The van der Waals surface area contributed by atoms with Gasteiger partial charge in [0, 0.05) is 19.4 Å². The van der Waals surface area contributed by atoms with E-state index in [9.17, 15) is 24.6 Å². The Morgan fingerprint density at radius 2 is 1.47 bits per heavy atom. The summed E-state index contributed by atoms with van der Waals surface area (Å²) < 4.78 is 16.1. The SMILES string of the molecule is CCCc1c(OCCCCCCc2ccc(OC(C)=O)c(OC(C)=O)c2)ccc(C(=O)O)c1O. The van der Waals surface area contributed by atoms with E-state index in [0.29, 0.717) is 24.3 Å². The fourth-order valence-electron chi connectivity index (χ4n) is 3.57. The number of aromatic hydroxyl groups is 1. The molecule has 0 amide bonds. The summed E-state index contributed by atoms with van der Waals surface area (Å²) in [6, 6.07) is 8.15. The highest BCUT2D eigenvalue weighted by Gasteiger charge is 2.17. The molecule has 2 aromatic carbocycles. The third-order valence-corrected chi connectivity index (χ3v) is 5.10. The molecule has 2 rings (SSSR count). The highest BCUT2D eigenvalue weighted by molar-refractivity contribution is 5.91. The van der Waals surface area contributed by atoms with Crippen molar-refractivity contribution in [1.82, 2.24) is 0 Å². The van der Waals surface area contributed by atoms with E-state index in [0.717, 1.165) is 44.1 Å². The Kier molecular flexibility index (Phi) is 10.4. The molecule has 0 aliphatic carbocycles. The largest absolute Gasteiger partial charge is 0.507 e. The third-order valence-electron chi connectivity index (χ3n) is 5.10. The maximum Gasteiger partial charge on any atom is 0.339 e. The number of hydrogen-bond acceptors (Lipinski definition) is 7. The molecule has 0 aromatic heterocycles. The van der Waals surface area contributed by atoms with E-state index < -0.39 is 17.9 Å². The summed E-state index contributed by atoms with van der Waals surface area (Å²) in [5, 5.41) is 19.5. The van der Waals surface area contributed by atoms with E-state index in [2.05, 4.69) is 0 Å². The zero-order valence-corrected chi connectivity index (χ0v) is 19.9. The lowest BCUT2D eigenvalue weighted by molar-refractivity contribution is -0.134. The van der Waals surface area contributed by atoms with E-state index in [-0.39, 0.29) is 22.8 Å². The topological polar surface area (TPSA) is 119 Å². The van der Waals surface area contributed by atoms with Crippen LogP contribution in [0.15, 0.2) is 30.3 Å². The molecule has 0 atom stereocenters. The van der Waals surface area contributed by atoms with Gasteiger partial charge in [0.15, 0.2) is 11.5 Å². The molecule has 0 aliphatic rings. The van der Waals surface area contributed by atoms with Crippen LogP contribution in [0.25, 0.3) is 0 Å². The van der Waals surface area contributed by atoms with Gasteiger partial charge in [-0.3, -0.25) is 9.59 Å². The summed E-state index contributed by atoms with van der Waals surface area (Å²) in [6.07, 6.45) is 5.70. The van der Waals surface area contributed by atoms with Crippen LogP contribution in [0, 0.1) is 0 Å². The highest BCUT2D eigenvalue weighted by atomic mass is 16.6. The molecule has 34 heavy (non-hydrogen) atoms. The normalized spacial score (nSPS) is 10.6. The maximum atomic E-state index is 11.3. The van der Waals surface area contributed by atoms with E-state index in [1.807, 2.05) is 13.0 Å². The highest BCUT2D eigenvalue weighted by Crippen LogP contribution is 2.33. The predicted molar refractivity (Wildman–Crippen MR) is 126 cm³/mol. The Labute approximate surface area is 199 Å². The number of carboxylic acid groups (broad SMARTS) is 1. The summed E-state index contributed by atoms with van der Waals surface area (Å²) in [5.41, 5.74) is 1.39. The fraction of sp³-hybridized carbons (Fsp3) is 0.423. The number of aromatic carboxylic acids is 1. The molecule has 8 heteroatoms. The lowest BCUT2D eigenvalue weighted by Gasteiger charge is -2.14. The molecule has 0 unspecified atom stereocenters. The Bertz CT molecular complexity index is 1010. The number of aryl methyl sites for hydroxylation is 1. The molecule has 8 nitrogen and oxygen atoms in total. The van der Waals surface area contributed by atoms with Gasteiger partial charge in [0.2, 0.25) is 0 Å². The minimum Gasteiger partial charge on any atom is -0.507 e. The van der Waals surface area contributed by atoms with Crippen molar-refractivity contribution in [3.63, 3.8) is 0 Å². The molecule has 2 aromatic rings. The fourth-order valence-corrected chi connectivity index (χ4v) is 3.57. The van der Waals surface area contributed by atoms with Crippen LogP contribution in [-0.2, 0) is 22.4 Å². The van der Waals surface area contributed by atoms with Crippen LogP contribution in [0.5, 0.6) is 23.0 Å². The zero-order valence-electron chi connectivity index (χ0n) is 19.9. The standard InChI is InChI=1S/C26H32O8/c1-4-9-20-22(14-12-21(25(20)29)26(30)31)32-15-8-6-5-7-10-19-11-13-23(33-17(2)27)24(16-19)34-18(3)28/h11-14,16,29H,4-10,15H2,1-3H3,(H,30,31). The van der Waals surface area contributed by atoms with Gasteiger partial charge in [0.05, 0.1) is 6.61 Å². The average Bonchev–Trinajstić information content (AvgIpc) is 2.76. The van der Waals surface area contributed by atoms with Gasteiger partial charge in [-0.2, -0.15) is 0 Å². The number of carbonyl (C=O) groups is 3. The second kappa shape index (κ2) is 13.2. The maximum absolute atomic E-state index is 11.3. The smallest absolute Gasteiger partial charge is 0.339 e. The number of rotatable bonds is 13. The van der Waals surface area contributed by atoms with Gasteiger partial charge < -0.3 is 24.4 Å². The number of benzene rings is 2.